The van der Waals surface area contributed by atoms with Crippen LogP contribution in [0.15, 0.2) is 47.4 Å². The Bertz CT molecular complexity index is 1030. The summed E-state index contributed by atoms with van der Waals surface area (Å²) in [6.45, 7) is 1.10. The number of sulfonamides is 1. The van der Waals surface area contributed by atoms with E-state index in [4.69, 9.17) is 39.5 Å². The lowest BCUT2D eigenvalue weighted by molar-refractivity contribution is -0.149. The summed E-state index contributed by atoms with van der Waals surface area (Å²) < 4.78 is 31.7. The molecule has 2 N–H and O–H groups in total. The first-order chi connectivity index (χ1) is 14.1. The molecule has 2 aromatic rings. The zero-order valence-electron chi connectivity index (χ0n) is 15.8. The van der Waals surface area contributed by atoms with Crippen LogP contribution < -0.4 is 10.0 Å². The molecule has 0 radical (unpaired) electrons. The molecule has 0 fully saturated rings. The number of carbonyl (C=O) groups is 2. The van der Waals surface area contributed by atoms with Crippen LogP contribution in [0.1, 0.15) is 12.5 Å². The maximum atomic E-state index is 12.3. The largest absolute Gasteiger partial charge is 0.454 e. The van der Waals surface area contributed by atoms with Crippen molar-refractivity contribution < 1.29 is 22.7 Å². The zero-order valence-corrected chi connectivity index (χ0v) is 18.9. The van der Waals surface area contributed by atoms with E-state index in [0.29, 0.717) is 18.0 Å². The van der Waals surface area contributed by atoms with Crippen LogP contribution in [0.4, 0.5) is 0 Å². The minimum atomic E-state index is -4.04. The third-order valence-electron chi connectivity index (χ3n) is 3.86. The quantitative estimate of drug-likeness (QED) is 0.522. The molecule has 0 bridgehead atoms. The fourth-order valence-electron chi connectivity index (χ4n) is 2.34. The van der Waals surface area contributed by atoms with Crippen molar-refractivity contribution in [2.45, 2.75) is 24.3 Å². The molecule has 0 aliphatic carbocycles. The predicted molar refractivity (Wildman–Crippen MR) is 115 cm³/mol. The number of carbonyl (C=O) groups excluding carboxylic acids is 2. The Labute approximate surface area is 189 Å². The van der Waals surface area contributed by atoms with Gasteiger partial charge < -0.3 is 10.1 Å². The van der Waals surface area contributed by atoms with E-state index >= 15 is 0 Å². The minimum absolute atomic E-state index is 0.0595. The Morgan fingerprint density at radius 2 is 1.80 bits per heavy atom. The molecule has 0 aliphatic rings. The molecule has 0 aromatic heterocycles. The average molecular weight is 494 g/mol. The van der Waals surface area contributed by atoms with Crippen LogP contribution in [0.3, 0.4) is 0 Å². The second-order valence-corrected chi connectivity index (χ2v) is 9.22. The van der Waals surface area contributed by atoms with Crippen molar-refractivity contribution in [2.75, 3.05) is 13.2 Å². The SMILES string of the molecule is C[C@H](NS(=O)(=O)c1ccc(Cl)c(Cl)c1)C(=O)OCC(=O)NCCc1cccc(Cl)c1. The van der Waals surface area contributed by atoms with Gasteiger partial charge in [-0.3, -0.25) is 9.59 Å². The predicted octanol–water partition coefficient (Wildman–Crippen LogP) is 3.22. The van der Waals surface area contributed by atoms with Gasteiger partial charge in [-0.15, -0.1) is 0 Å². The van der Waals surface area contributed by atoms with E-state index in [0.717, 1.165) is 11.6 Å². The maximum Gasteiger partial charge on any atom is 0.324 e. The van der Waals surface area contributed by atoms with E-state index in [2.05, 4.69) is 10.0 Å². The first kappa shape index (κ1) is 24.4. The molecule has 162 valence electrons. The third kappa shape index (κ3) is 7.45. The lowest BCUT2D eigenvalue weighted by atomic mass is 10.1. The lowest BCUT2D eigenvalue weighted by Crippen LogP contribution is -2.41. The van der Waals surface area contributed by atoms with Crippen LogP contribution >= 0.6 is 34.8 Å². The van der Waals surface area contributed by atoms with Gasteiger partial charge in [0.15, 0.2) is 6.61 Å². The number of nitrogens with one attached hydrogen (secondary N) is 2. The number of benzene rings is 2. The molecule has 0 saturated heterocycles. The van der Waals surface area contributed by atoms with Crippen LogP contribution in [0.5, 0.6) is 0 Å². The van der Waals surface area contributed by atoms with Gasteiger partial charge in [0.25, 0.3) is 5.91 Å². The number of hydrogen-bond donors (Lipinski definition) is 2. The number of amides is 1. The fraction of sp³-hybridized carbons (Fsp3) is 0.263. The number of hydrogen-bond acceptors (Lipinski definition) is 5. The van der Waals surface area contributed by atoms with Crippen LogP contribution in [-0.2, 0) is 30.8 Å². The lowest BCUT2D eigenvalue weighted by Gasteiger charge is -2.14. The highest BCUT2D eigenvalue weighted by molar-refractivity contribution is 7.89. The van der Waals surface area contributed by atoms with Gasteiger partial charge in [-0.05, 0) is 49.2 Å². The highest BCUT2D eigenvalue weighted by Gasteiger charge is 2.24. The van der Waals surface area contributed by atoms with Crippen LogP contribution in [0.2, 0.25) is 15.1 Å². The minimum Gasteiger partial charge on any atom is -0.454 e. The normalized spacial score (nSPS) is 12.3. The van der Waals surface area contributed by atoms with Crippen molar-refractivity contribution in [1.82, 2.24) is 10.0 Å². The van der Waals surface area contributed by atoms with Gasteiger partial charge in [0.05, 0.1) is 14.9 Å². The van der Waals surface area contributed by atoms with Gasteiger partial charge in [0.2, 0.25) is 10.0 Å². The molecule has 30 heavy (non-hydrogen) atoms. The molecule has 2 aromatic carbocycles. The monoisotopic (exact) mass is 492 g/mol. The average Bonchev–Trinajstić information content (AvgIpc) is 2.67. The Hall–Kier alpha value is -1.84. The molecule has 2 rings (SSSR count). The highest BCUT2D eigenvalue weighted by atomic mass is 35.5. The van der Waals surface area contributed by atoms with Crippen molar-refractivity contribution in [3.8, 4) is 0 Å². The van der Waals surface area contributed by atoms with Crippen molar-refractivity contribution >= 4 is 56.7 Å². The van der Waals surface area contributed by atoms with E-state index in [1.165, 1.54) is 19.1 Å². The fourth-order valence-corrected chi connectivity index (χ4v) is 4.14. The summed E-state index contributed by atoms with van der Waals surface area (Å²) >= 11 is 17.5. The topological polar surface area (TPSA) is 102 Å². The molecule has 0 spiro atoms. The number of halogens is 3. The molecule has 11 heteroatoms. The first-order valence-corrected chi connectivity index (χ1v) is 11.4. The van der Waals surface area contributed by atoms with Gasteiger partial charge in [-0.2, -0.15) is 4.72 Å². The van der Waals surface area contributed by atoms with Gasteiger partial charge in [-0.25, -0.2) is 8.42 Å². The van der Waals surface area contributed by atoms with Crippen molar-refractivity contribution in [1.29, 1.82) is 0 Å². The van der Waals surface area contributed by atoms with Crippen molar-refractivity contribution in [2.24, 2.45) is 0 Å². The second-order valence-electron chi connectivity index (χ2n) is 6.26. The Kier molecular flexibility index (Phi) is 8.93. The summed E-state index contributed by atoms with van der Waals surface area (Å²) in [6, 6.07) is 9.75. The summed E-state index contributed by atoms with van der Waals surface area (Å²) in [5, 5.41) is 3.47. The number of ether oxygens (including phenoxy) is 1. The second kappa shape index (κ2) is 11.0. The molecular weight excluding hydrogens is 475 g/mol. The molecule has 0 saturated carbocycles. The van der Waals surface area contributed by atoms with Crippen molar-refractivity contribution in [3.63, 3.8) is 0 Å². The van der Waals surface area contributed by atoms with E-state index < -0.39 is 34.5 Å². The summed E-state index contributed by atoms with van der Waals surface area (Å²) in [4.78, 5) is 23.7. The summed E-state index contributed by atoms with van der Waals surface area (Å²) in [6.07, 6.45) is 0.556. The van der Waals surface area contributed by atoms with E-state index in [9.17, 15) is 18.0 Å². The van der Waals surface area contributed by atoms with Crippen LogP contribution in [0, 0.1) is 0 Å². The molecule has 0 heterocycles. The van der Waals surface area contributed by atoms with E-state index in [1.54, 1.807) is 12.1 Å². The molecule has 0 unspecified atom stereocenters. The van der Waals surface area contributed by atoms with Gasteiger partial charge in [-0.1, -0.05) is 46.9 Å². The molecular formula is C19H19Cl3N2O5S. The maximum absolute atomic E-state index is 12.3. The van der Waals surface area contributed by atoms with Crippen LogP contribution in [0.25, 0.3) is 0 Å². The van der Waals surface area contributed by atoms with Crippen LogP contribution in [-0.4, -0.2) is 39.5 Å². The molecule has 7 nitrogen and oxygen atoms in total. The smallest absolute Gasteiger partial charge is 0.324 e. The van der Waals surface area contributed by atoms with Crippen molar-refractivity contribution in [3.05, 3.63) is 63.1 Å². The van der Waals surface area contributed by atoms with Gasteiger partial charge in [0.1, 0.15) is 6.04 Å². The first-order valence-electron chi connectivity index (χ1n) is 8.73. The summed E-state index contributed by atoms with van der Waals surface area (Å²) in [7, 11) is -4.04. The number of rotatable bonds is 9. The Morgan fingerprint density at radius 1 is 1.07 bits per heavy atom. The van der Waals surface area contributed by atoms with Gasteiger partial charge >= 0.3 is 5.97 Å². The highest BCUT2D eigenvalue weighted by Crippen LogP contribution is 2.24. The summed E-state index contributed by atoms with van der Waals surface area (Å²) in [5.41, 5.74) is 0.949. The standard InChI is InChI=1S/C19H19Cl3N2O5S/c1-12(24-30(27,28)15-5-6-16(21)17(22)10-15)19(26)29-11-18(25)23-8-7-13-3-2-4-14(20)9-13/h2-6,9-10,12,24H,7-8,11H2,1H3,(H,23,25)/t12-/m0/s1. The third-order valence-corrected chi connectivity index (χ3v) is 6.37. The van der Waals surface area contributed by atoms with Gasteiger partial charge in [0, 0.05) is 11.6 Å². The molecule has 1 atom stereocenters. The Balaban J connectivity index is 1.79. The van der Waals surface area contributed by atoms with E-state index in [-0.39, 0.29) is 14.9 Å². The number of esters is 1. The zero-order chi connectivity index (χ0) is 22.3. The Morgan fingerprint density at radius 3 is 2.47 bits per heavy atom. The molecule has 0 aliphatic heterocycles. The summed E-state index contributed by atoms with van der Waals surface area (Å²) in [5.74, 6) is -1.41. The molecule has 1 amide bonds. The van der Waals surface area contributed by atoms with E-state index in [1.807, 2.05) is 12.1 Å².